The van der Waals surface area contributed by atoms with E-state index in [2.05, 4.69) is 89.9 Å². The zero-order chi connectivity index (χ0) is 29.3. The molecule has 2 aromatic heterocycles. The van der Waals surface area contributed by atoms with Crippen molar-refractivity contribution in [3.63, 3.8) is 0 Å². The number of nitrogens with zero attached hydrogens (tertiary/aromatic N) is 4. The highest BCUT2D eigenvalue weighted by atomic mass is 15.0. The van der Waals surface area contributed by atoms with Crippen molar-refractivity contribution in [3.05, 3.63) is 158 Å². The van der Waals surface area contributed by atoms with Crippen LogP contribution in [0.1, 0.15) is 0 Å². The Morgan fingerprint density at radius 3 is 1.55 bits per heavy atom. The Hall–Kier alpha value is -6.00. The van der Waals surface area contributed by atoms with Crippen molar-refractivity contribution in [1.29, 1.82) is 0 Å². The molecule has 2 heterocycles. The first-order valence-electron chi connectivity index (χ1n) is 14.7. The second-order valence-corrected chi connectivity index (χ2v) is 10.7. The first kappa shape index (κ1) is 25.7. The number of fused-ring (bicyclic) bond motifs is 2. The average molecular weight is 563 g/mol. The molecule has 206 valence electrons. The van der Waals surface area contributed by atoms with Crippen molar-refractivity contribution in [2.45, 2.75) is 0 Å². The molecule has 0 unspecified atom stereocenters. The Bertz CT molecular complexity index is 2190. The summed E-state index contributed by atoms with van der Waals surface area (Å²) >= 11 is 0. The van der Waals surface area contributed by atoms with Gasteiger partial charge in [0.1, 0.15) is 0 Å². The van der Waals surface area contributed by atoms with Gasteiger partial charge in [0.2, 0.25) is 0 Å². The number of hydrogen-bond acceptors (Lipinski definition) is 4. The normalized spacial score (nSPS) is 11.2. The molecule has 0 saturated carbocycles. The van der Waals surface area contributed by atoms with E-state index in [4.69, 9.17) is 15.0 Å². The number of para-hydroxylation sites is 1. The molecule has 0 radical (unpaired) electrons. The minimum absolute atomic E-state index is 0.649. The maximum absolute atomic E-state index is 5.04. The first-order valence-corrected chi connectivity index (χ1v) is 14.7. The van der Waals surface area contributed by atoms with E-state index in [1.54, 1.807) is 0 Å². The minimum Gasteiger partial charge on any atom is -0.256 e. The zero-order valence-electron chi connectivity index (χ0n) is 23.8. The van der Waals surface area contributed by atoms with E-state index >= 15 is 0 Å². The fourth-order valence-corrected chi connectivity index (χ4v) is 5.87. The number of benzene rings is 6. The van der Waals surface area contributed by atoms with Gasteiger partial charge < -0.3 is 0 Å². The summed E-state index contributed by atoms with van der Waals surface area (Å²) in [4.78, 5) is 19.5. The van der Waals surface area contributed by atoms with Crippen molar-refractivity contribution >= 4 is 21.7 Å². The third-order valence-corrected chi connectivity index (χ3v) is 8.00. The molecule has 0 aliphatic rings. The molecule has 44 heavy (non-hydrogen) atoms. The maximum atomic E-state index is 5.04. The Morgan fingerprint density at radius 2 is 0.886 bits per heavy atom. The van der Waals surface area contributed by atoms with Gasteiger partial charge in [-0.25, -0.2) is 15.0 Å². The smallest absolute Gasteiger partial charge is 0.164 e. The van der Waals surface area contributed by atoms with Gasteiger partial charge in [-0.15, -0.1) is 0 Å². The second-order valence-electron chi connectivity index (χ2n) is 10.7. The van der Waals surface area contributed by atoms with E-state index in [-0.39, 0.29) is 0 Å². The van der Waals surface area contributed by atoms with Crippen molar-refractivity contribution in [3.8, 4) is 56.4 Å². The quantitative estimate of drug-likeness (QED) is 0.209. The second kappa shape index (κ2) is 11.0. The third-order valence-electron chi connectivity index (χ3n) is 8.00. The lowest BCUT2D eigenvalue weighted by Crippen LogP contribution is -2.00. The van der Waals surface area contributed by atoms with Gasteiger partial charge in [0.15, 0.2) is 17.5 Å². The summed E-state index contributed by atoms with van der Waals surface area (Å²) in [6.45, 7) is 0. The van der Waals surface area contributed by atoms with E-state index in [0.717, 1.165) is 55.1 Å². The Balaban J connectivity index is 1.29. The molecule has 0 fully saturated rings. The van der Waals surface area contributed by atoms with Crippen LogP contribution in [0.4, 0.5) is 0 Å². The summed E-state index contributed by atoms with van der Waals surface area (Å²) in [5.41, 5.74) is 8.46. The van der Waals surface area contributed by atoms with Crippen LogP contribution in [-0.2, 0) is 0 Å². The summed E-state index contributed by atoms with van der Waals surface area (Å²) in [7, 11) is 0. The van der Waals surface area contributed by atoms with Crippen LogP contribution < -0.4 is 0 Å². The maximum Gasteiger partial charge on any atom is 0.164 e. The standard InChI is InChI=1S/C40H26N4/c1-3-11-30(12-4-1)38-42-39(31-13-5-2-6-14-31)44-40(43-38)35-19-10-16-29-15-9-18-33(37(29)35)28-23-21-27(22-24-28)32-25-26-41-36-20-8-7-17-34(32)36/h1-26H. The number of aromatic nitrogens is 4. The van der Waals surface area contributed by atoms with Crippen LogP contribution in [0.25, 0.3) is 78.1 Å². The highest BCUT2D eigenvalue weighted by Gasteiger charge is 2.16. The van der Waals surface area contributed by atoms with E-state index < -0.39 is 0 Å². The third kappa shape index (κ3) is 4.69. The van der Waals surface area contributed by atoms with Gasteiger partial charge in [0.05, 0.1) is 5.52 Å². The lowest BCUT2D eigenvalue weighted by atomic mass is 9.92. The molecule has 4 nitrogen and oxygen atoms in total. The largest absolute Gasteiger partial charge is 0.256 e. The lowest BCUT2D eigenvalue weighted by Gasteiger charge is -2.14. The van der Waals surface area contributed by atoms with Gasteiger partial charge in [-0.2, -0.15) is 0 Å². The fourth-order valence-electron chi connectivity index (χ4n) is 5.87. The van der Waals surface area contributed by atoms with Gasteiger partial charge in [0, 0.05) is 33.7 Å². The van der Waals surface area contributed by atoms with Crippen LogP contribution in [0, 0.1) is 0 Å². The number of hydrogen-bond donors (Lipinski definition) is 0. The Labute approximate surface area is 255 Å². The topological polar surface area (TPSA) is 51.6 Å². The summed E-state index contributed by atoms with van der Waals surface area (Å²) in [6.07, 6.45) is 1.88. The molecule has 4 heteroatoms. The van der Waals surface area contributed by atoms with E-state index in [9.17, 15) is 0 Å². The van der Waals surface area contributed by atoms with Gasteiger partial charge in [-0.05, 0) is 39.8 Å². The van der Waals surface area contributed by atoms with Gasteiger partial charge in [-0.1, -0.05) is 140 Å². The molecule has 0 aliphatic carbocycles. The number of pyridine rings is 1. The van der Waals surface area contributed by atoms with Crippen LogP contribution in [0.2, 0.25) is 0 Å². The predicted octanol–water partition coefficient (Wildman–Crippen LogP) is 9.91. The van der Waals surface area contributed by atoms with Crippen LogP contribution >= 0.6 is 0 Å². The Kier molecular flexibility index (Phi) is 6.43. The molecule has 0 N–H and O–H groups in total. The monoisotopic (exact) mass is 562 g/mol. The molecular formula is C40H26N4. The van der Waals surface area contributed by atoms with Crippen molar-refractivity contribution in [2.75, 3.05) is 0 Å². The molecule has 0 aliphatic heterocycles. The summed E-state index contributed by atoms with van der Waals surface area (Å²) in [5.74, 6) is 1.95. The molecule has 0 saturated heterocycles. The highest BCUT2D eigenvalue weighted by molar-refractivity contribution is 6.06. The Morgan fingerprint density at radius 1 is 0.341 bits per heavy atom. The molecule has 0 atom stereocenters. The molecule has 8 aromatic rings. The summed E-state index contributed by atoms with van der Waals surface area (Å²) < 4.78 is 0. The SMILES string of the molecule is c1ccc(-c2nc(-c3ccccc3)nc(-c3cccc4cccc(-c5ccc(-c6ccnc7ccccc67)cc5)c34)n2)cc1. The van der Waals surface area contributed by atoms with Crippen molar-refractivity contribution < 1.29 is 0 Å². The molecular weight excluding hydrogens is 536 g/mol. The number of rotatable bonds is 5. The van der Waals surface area contributed by atoms with Crippen molar-refractivity contribution in [1.82, 2.24) is 19.9 Å². The molecule has 0 amide bonds. The molecule has 6 aromatic carbocycles. The average Bonchev–Trinajstić information content (AvgIpc) is 3.11. The fraction of sp³-hybridized carbons (Fsp3) is 0. The van der Waals surface area contributed by atoms with Gasteiger partial charge >= 0.3 is 0 Å². The van der Waals surface area contributed by atoms with Crippen molar-refractivity contribution in [2.24, 2.45) is 0 Å². The summed E-state index contributed by atoms with van der Waals surface area (Å²) in [6, 6.07) is 52.1. The molecule has 0 bridgehead atoms. The van der Waals surface area contributed by atoms with Crippen LogP contribution in [0.15, 0.2) is 158 Å². The minimum atomic E-state index is 0.649. The summed E-state index contributed by atoms with van der Waals surface area (Å²) in [5, 5.41) is 3.39. The zero-order valence-corrected chi connectivity index (χ0v) is 23.8. The van der Waals surface area contributed by atoms with E-state index in [1.165, 1.54) is 5.56 Å². The first-order chi connectivity index (χ1) is 21.8. The predicted molar refractivity (Wildman–Crippen MR) is 180 cm³/mol. The van der Waals surface area contributed by atoms with E-state index in [0.29, 0.717) is 17.5 Å². The van der Waals surface area contributed by atoms with Gasteiger partial charge in [0.25, 0.3) is 0 Å². The van der Waals surface area contributed by atoms with Crippen LogP contribution in [0.5, 0.6) is 0 Å². The van der Waals surface area contributed by atoms with E-state index in [1.807, 2.05) is 72.9 Å². The molecule has 8 rings (SSSR count). The van der Waals surface area contributed by atoms with Crippen LogP contribution in [0.3, 0.4) is 0 Å². The highest BCUT2D eigenvalue weighted by Crippen LogP contribution is 2.37. The molecule has 0 spiro atoms. The van der Waals surface area contributed by atoms with Crippen LogP contribution in [-0.4, -0.2) is 19.9 Å². The lowest BCUT2D eigenvalue weighted by molar-refractivity contribution is 1.08. The van der Waals surface area contributed by atoms with Gasteiger partial charge in [-0.3, -0.25) is 4.98 Å².